The Morgan fingerprint density at radius 2 is 1.70 bits per heavy atom. The van der Waals surface area contributed by atoms with Crippen LogP contribution in [-0.2, 0) is 5.41 Å². The van der Waals surface area contributed by atoms with Crippen LogP contribution in [0, 0.1) is 6.92 Å². The summed E-state index contributed by atoms with van der Waals surface area (Å²) in [5, 5.41) is 20.1. The molecule has 1 aromatic heterocycles. The van der Waals surface area contributed by atoms with Gasteiger partial charge in [-0.05, 0) is 42.2 Å². The second-order valence-electron chi connectivity index (χ2n) is 6.55. The number of nitrogens with zero attached hydrogens (tertiary/aromatic N) is 3. The Labute approximate surface area is 147 Å². The quantitative estimate of drug-likeness (QED) is 0.703. The first-order valence-corrected chi connectivity index (χ1v) is 7.50. The van der Waals surface area contributed by atoms with E-state index in [2.05, 4.69) is 31.0 Å². The Kier molecular flexibility index (Phi) is 4.64. The van der Waals surface area contributed by atoms with Crippen molar-refractivity contribution in [1.82, 2.24) is 15.0 Å². The van der Waals surface area contributed by atoms with E-state index in [9.17, 15) is 5.11 Å². The van der Waals surface area contributed by atoms with Crippen LogP contribution in [0.4, 0.5) is 0 Å². The zero-order valence-corrected chi connectivity index (χ0v) is 15.3. The molecule has 1 heterocycles. The molecule has 0 saturated carbocycles. The van der Waals surface area contributed by atoms with Gasteiger partial charge in [-0.15, -0.1) is 15.0 Å². The predicted molar refractivity (Wildman–Crippen MR) is 99.4 cm³/mol. The minimum atomic E-state index is -0.166. The van der Waals surface area contributed by atoms with Crippen molar-refractivity contribution < 1.29 is 5.11 Å². The number of phenols is 1. The maximum absolute atomic E-state index is 10.7. The predicted octanol–water partition coefficient (Wildman–Crippen LogP) is 4.50. The number of halogens is 1. The highest BCUT2D eigenvalue weighted by Crippen LogP contribution is 2.36. The lowest BCUT2D eigenvalue weighted by atomic mass is 9.85. The molecule has 0 aliphatic carbocycles. The fourth-order valence-corrected chi connectivity index (χ4v) is 2.65. The average molecular weight is 350 g/mol. The highest BCUT2D eigenvalue weighted by atomic mass is 35.5. The van der Waals surface area contributed by atoms with E-state index < -0.39 is 0 Å². The highest BCUT2D eigenvalue weighted by molar-refractivity contribution is 7.59. The number of hydrogen-bond acceptors (Lipinski definition) is 3. The van der Waals surface area contributed by atoms with Gasteiger partial charge in [-0.3, -0.25) is 0 Å². The largest absolute Gasteiger partial charge is 0.505 e. The third-order valence-corrected chi connectivity index (χ3v) is 3.84. The summed E-state index contributed by atoms with van der Waals surface area (Å²) in [4.78, 5) is 1.47. The minimum absolute atomic E-state index is 0. The van der Waals surface area contributed by atoms with Crippen molar-refractivity contribution in [2.45, 2.75) is 33.1 Å². The molecular weight excluding hydrogens is 330 g/mol. The first-order chi connectivity index (χ1) is 10.3. The Balaban J connectivity index is 0.00000192. The molecule has 3 rings (SSSR count). The fourth-order valence-electron chi connectivity index (χ4n) is 2.48. The van der Waals surface area contributed by atoms with Crippen LogP contribution >= 0.6 is 25.1 Å². The van der Waals surface area contributed by atoms with E-state index in [1.54, 1.807) is 12.1 Å². The van der Waals surface area contributed by atoms with Crippen LogP contribution in [0.3, 0.4) is 0 Å². The van der Waals surface area contributed by atoms with E-state index in [1.807, 2.05) is 25.1 Å². The van der Waals surface area contributed by atoms with Gasteiger partial charge in [0.1, 0.15) is 22.5 Å². The first kappa shape index (κ1) is 17.6. The Morgan fingerprint density at radius 1 is 1.04 bits per heavy atom. The third-order valence-electron chi connectivity index (χ3n) is 3.60. The number of phenolic OH excluding ortho intramolecular Hbond substituents is 1. The molecule has 0 saturated heterocycles. The first-order valence-electron chi connectivity index (χ1n) is 7.13. The summed E-state index contributed by atoms with van der Waals surface area (Å²) in [6.45, 7) is 8.20. The zero-order valence-electron chi connectivity index (χ0n) is 13.6. The number of fused-ring (bicyclic) bond motifs is 1. The van der Waals surface area contributed by atoms with Crippen LogP contribution in [0.2, 0.25) is 5.02 Å². The Bertz CT molecular complexity index is 868. The molecule has 0 fully saturated rings. The molecule has 0 aliphatic rings. The molecular formula is C17H20ClN3OS. The maximum Gasteiger partial charge on any atom is 0.146 e. The third kappa shape index (κ3) is 3.31. The topological polar surface area (TPSA) is 50.9 Å². The van der Waals surface area contributed by atoms with Gasteiger partial charge in [-0.1, -0.05) is 38.4 Å². The SMILES string of the molecule is Cc1cc(-n2nc3ccc(Cl)cc3n2)c(O)c(C(C)(C)C)c1.S. The van der Waals surface area contributed by atoms with Crippen LogP contribution in [0.25, 0.3) is 16.7 Å². The molecule has 0 aliphatic heterocycles. The summed E-state index contributed by atoms with van der Waals surface area (Å²) in [6, 6.07) is 9.24. The van der Waals surface area contributed by atoms with Gasteiger partial charge in [0.25, 0.3) is 0 Å². The fraction of sp³-hybridized carbons (Fsp3) is 0.294. The summed E-state index contributed by atoms with van der Waals surface area (Å²) in [6.07, 6.45) is 0. The van der Waals surface area contributed by atoms with Crippen molar-refractivity contribution in [1.29, 1.82) is 0 Å². The molecule has 23 heavy (non-hydrogen) atoms. The van der Waals surface area contributed by atoms with E-state index >= 15 is 0 Å². The molecule has 0 bridgehead atoms. The van der Waals surface area contributed by atoms with Crippen molar-refractivity contribution in [3.63, 3.8) is 0 Å². The van der Waals surface area contributed by atoms with Gasteiger partial charge < -0.3 is 5.11 Å². The van der Waals surface area contributed by atoms with E-state index in [-0.39, 0.29) is 24.7 Å². The molecule has 4 nitrogen and oxygen atoms in total. The molecule has 0 unspecified atom stereocenters. The lowest BCUT2D eigenvalue weighted by Gasteiger charge is -2.22. The number of aromatic hydroxyl groups is 1. The molecule has 0 radical (unpaired) electrons. The summed E-state index contributed by atoms with van der Waals surface area (Å²) in [5.74, 6) is 0.213. The molecule has 2 aromatic carbocycles. The molecule has 6 heteroatoms. The van der Waals surface area contributed by atoms with E-state index in [1.165, 1.54) is 4.80 Å². The molecule has 0 atom stereocenters. The number of aromatic nitrogens is 3. The van der Waals surface area contributed by atoms with E-state index in [0.29, 0.717) is 16.2 Å². The number of hydrogen-bond donors (Lipinski definition) is 1. The molecule has 1 N–H and O–H groups in total. The van der Waals surface area contributed by atoms with Gasteiger partial charge in [0.05, 0.1) is 0 Å². The second-order valence-corrected chi connectivity index (χ2v) is 6.99. The van der Waals surface area contributed by atoms with Gasteiger partial charge >= 0.3 is 0 Å². The van der Waals surface area contributed by atoms with Crippen LogP contribution in [-0.4, -0.2) is 20.1 Å². The lowest BCUT2D eigenvalue weighted by molar-refractivity contribution is 0.440. The van der Waals surface area contributed by atoms with Crippen LogP contribution in [0.15, 0.2) is 30.3 Å². The summed E-state index contributed by atoms with van der Waals surface area (Å²) in [5.41, 5.74) is 3.78. The molecule has 0 amide bonds. The zero-order chi connectivity index (χ0) is 16.1. The lowest BCUT2D eigenvalue weighted by Crippen LogP contribution is -2.13. The number of aryl methyl sites for hydroxylation is 1. The standard InChI is InChI=1S/C17H18ClN3O.H2S/c1-10-7-12(17(2,3)4)16(22)15(8-10)21-19-13-6-5-11(18)9-14(13)20-21;/h5-9,22H,1-4H3;1H2. The Morgan fingerprint density at radius 3 is 2.35 bits per heavy atom. The van der Waals surface area contributed by atoms with Gasteiger partial charge in [0.15, 0.2) is 0 Å². The van der Waals surface area contributed by atoms with Crippen LogP contribution in [0.1, 0.15) is 31.9 Å². The summed E-state index contributed by atoms with van der Waals surface area (Å²) >= 11 is 5.99. The number of rotatable bonds is 1. The molecule has 122 valence electrons. The minimum Gasteiger partial charge on any atom is -0.505 e. The van der Waals surface area contributed by atoms with Gasteiger partial charge in [-0.25, -0.2) is 0 Å². The van der Waals surface area contributed by atoms with Gasteiger partial charge in [-0.2, -0.15) is 13.5 Å². The van der Waals surface area contributed by atoms with E-state index in [4.69, 9.17) is 11.6 Å². The van der Waals surface area contributed by atoms with Crippen molar-refractivity contribution in [3.8, 4) is 11.4 Å². The van der Waals surface area contributed by atoms with Crippen LogP contribution < -0.4 is 0 Å². The van der Waals surface area contributed by atoms with Crippen molar-refractivity contribution in [2.75, 3.05) is 0 Å². The maximum atomic E-state index is 10.7. The van der Waals surface area contributed by atoms with Gasteiger partial charge in [0, 0.05) is 10.6 Å². The summed E-state index contributed by atoms with van der Waals surface area (Å²) in [7, 11) is 0. The highest BCUT2D eigenvalue weighted by Gasteiger charge is 2.22. The summed E-state index contributed by atoms with van der Waals surface area (Å²) < 4.78 is 0. The van der Waals surface area contributed by atoms with Crippen molar-refractivity contribution in [2.24, 2.45) is 0 Å². The van der Waals surface area contributed by atoms with Gasteiger partial charge in [0.2, 0.25) is 0 Å². The second kappa shape index (κ2) is 6.06. The normalized spacial score (nSPS) is 11.5. The molecule has 0 spiro atoms. The molecule has 3 aromatic rings. The van der Waals surface area contributed by atoms with Crippen molar-refractivity contribution in [3.05, 3.63) is 46.5 Å². The van der Waals surface area contributed by atoms with E-state index in [0.717, 1.165) is 16.6 Å². The smallest absolute Gasteiger partial charge is 0.146 e. The number of benzene rings is 2. The van der Waals surface area contributed by atoms with Crippen molar-refractivity contribution >= 4 is 36.1 Å². The monoisotopic (exact) mass is 349 g/mol. The average Bonchev–Trinajstić information content (AvgIpc) is 2.82. The Hall–Kier alpha value is -1.72. The van der Waals surface area contributed by atoms with Crippen LogP contribution in [0.5, 0.6) is 5.75 Å².